The summed E-state index contributed by atoms with van der Waals surface area (Å²) < 4.78 is 0. The van der Waals surface area contributed by atoms with Crippen molar-refractivity contribution in [1.29, 1.82) is 0 Å². The first-order chi connectivity index (χ1) is 8.29. The fourth-order valence-electron chi connectivity index (χ4n) is 2.14. The molecule has 1 aromatic heterocycles. The Bertz CT molecular complexity index is 331. The third-order valence-electron chi connectivity index (χ3n) is 3.24. The van der Waals surface area contributed by atoms with Gasteiger partial charge in [-0.1, -0.05) is 24.9 Å². The summed E-state index contributed by atoms with van der Waals surface area (Å²) in [6.07, 6.45) is 4.30. The molecule has 1 aliphatic rings. The van der Waals surface area contributed by atoms with Gasteiger partial charge < -0.3 is 4.90 Å². The molecular formula is C13H20ClN3. The minimum Gasteiger partial charge on any atom is -0.354 e. The molecule has 0 radical (unpaired) electrons. The highest BCUT2D eigenvalue weighted by atomic mass is 35.5. The lowest BCUT2D eigenvalue weighted by Gasteiger charge is -2.35. The number of aromatic nitrogens is 1. The Balaban J connectivity index is 1.84. The van der Waals surface area contributed by atoms with Crippen molar-refractivity contribution in [2.24, 2.45) is 0 Å². The molecule has 0 saturated carbocycles. The smallest absolute Gasteiger partial charge is 0.128 e. The summed E-state index contributed by atoms with van der Waals surface area (Å²) in [5, 5.41) is 0.704. The van der Waals surface area contributed by atoms with Crippen molar-refractivity contribution in [2.75, 3.05) is 37.6 Å². The molecule has 0 unspecified atom stereocenters. The molecular weight excluding hydrogens is 234 g/mol. The van der Waals surface area contributed by atoms with Crippen LogP contribution < -0.4 is 4.90 Å². The monoisotopic (exact) mass is 253 g/mol. The van der Waals surface area contributed by atoms with Gasteiger partial charge in [0, 0.05) is 32.4 Å². The number of halogens is 1. The van der Waals surface area contributed by atoms with Crippen LogP contribution in [0.15, 0.2) is 18.3 Å². The number of nitrogens with zero attached hydrogens (tertiary/aromatic N) is 3. The normalized spacial score (nSPS) is 17.4. The summed E-state index contributed by atoms with van der Waals surface area (Å²) in [6, 6.07) is 3.91. The van der Waals surface area contributed by atoms with Crippen molar-refractivity contribution in [3.63, 3.8) is 0 Å². The number of hydrogen-bond acceptors (Lipinski definition) is 3. The van der Waals surface area contributed by atoms with E-state index >= 15 is 0 Å². The van der Waals surface area contributed by atoms with E-state index in [4.69, 9.17) is 11.6 Å². The maximum Gasteiger partial charge on any atom is 0.128 e. The van der Waals surface area contributed by atoms with E-state index < -0.39 is 0 Å². The predicted molar refractivity (Wildman–Crippen MR) is 72.8 cm³/mol. The Hall–Kier alpha value is -0.800. The molecule has 0 aromatic carbocycles. The van der Waals surface area contributed by atoms with Crippen molar-refractivity contribution in [3.05, 3.63) is 23.4 Å². The van der Waals surface area contributed by atoms with E-state index in [9.17, 15) is 0 Å². The third-order valence-corrected chi connectivity index (χ3v) is 3.46. The molecule has 1 aliphatic heterocycles. The maximum atomic E-state index is 5.84. The van der Waals surface area contributed by atoms with Gasteiger partial charge in [-0.3, -0.25) is 4.90 Å². The fraction of sp³-hybridized carbons (Fsp3) is 0.615. The molecule has 0 aliphatic carbocycles. The van der Waals surface area contributed by atoms with Gasteiger partial charge in [0.1, 0.15) is 5.82 Å². The number of pyridine rings is 1. The number of unbranched alkanes of at least 4 members (excludes halogenated alkanes) is 1. The molecule has 17 heavy (non-hydrogen) atoms. The van der Waals surface area contributed by atoms with Gasteiger partial charge in [-0.15, -0.1) is 0 Å². The van der Waals surface area contributed by atoms with E-state index in [2.05, 4.69) is 21.7 Å². The second-order valence-electron chi connectivity index (χ2n) is 4.52. The van der Waals surface area contributed by atoms with Crippen molar-refractivity contribution < 1.29 is 0 Å². The Morgan fingerprint density at radius 3 is 2.59 bits per heavy atom. The predicted octanol–water partition coefficient (Wildman–Crippen LogP) is 2.66. The zero-order valence-corrected chi connectivity index (χ0v) is 11.2. The lowest BCUT2D eigenvalue weighted by molar-refractivity contribution is 0.253. The van der Waals surface area contributed by atoms with Crippen molar-refractivity contribution >= 4 is 17.4 Å². The molecule has 0 bridgehead atoms. The molecule has 0 atom stereocenters. The Morgan fingerprint density at radius 2 is 2.00 bits per heavy atom. The first kappa shape index (κ1) is 12.7. The lowest BCUT2D eigenvalue weighted by Crippen LogP contribution is -2.46. The molecule has 94 valence electrons. The van der Waals surface area contributed by atoms with E-state index in [1.165, 1.54) is 19.4 Å². The quantitative estimate of drug-likeness (QED) is 0.823. The van der Waals surface area contributed by atoms with Crippen LogP contribution in [0.4, 0.5) is 5.82 Å². The number of rotatable bonds is 4. The van der Waals surface area contributed by atoms with Crippen LogP contribution in [0, 0.1) is 0 Å². The SMILES string of the molecule is CCCCN1CCN(c2ccc(Cl)cn2)CC1. The Morgan fingerprint density at radius 1 is 1.24 bits per heavy atom. The van der Waals surface area contributed by atoms with Crippen molar-refractivity contribution in [1.82, 2.24) is 9.88 Å². The van der Waals surface area contributed by atoms with E-state index in [1.54, 1.807) is 6.20 Å². The van der Waals surface area contributed by atoms with Gasteiger partial charge in [0.05, 0.1) is 5.02 Å². The summed E-state index contributed by atoms with van der Waals surface area (Å²) in [5.41, 5.74) is 0. The van der Waals surface area contributed by atoms with Gasteiger partial charge in [-0.05, 0) is 25.1 Å². The van der Waals surface area contributed by atoms with Gasteiger partial charge in [-0.2, -0.15) is 0 Å². The maximum absolute atomic E-state index is 5.84. The topological polar surface area (TPSA) is 19.4 Å². The highest BCUT2D eigenvalue weighted by Crippen LogP contribution is 2.16. The molecule has 1 fully saturated rings. The van der Waals surface area contributed by atoms with E-state index in [0.29, 0.717) is 5.02 Å². The van der Waals surface area contributed by atoms with Gasteiger partial charge in [0.2, 0.25) is 0 Å². The zero-order chi connectivity index (χ0) is 12.1. The van der Waals surface area contributed by atoms with Gasteiger partial charge >= 0.3 is 0 Å². The summed E-state index contributed by atoms with van der Waals surface area (Å²) in [7, 11) is 0. The third kappa shape index (κ3) is 3.58. The average Bonchev–Trinajstić information content (AvgIpc) is 2.38. The highest BCUT2D eigenvalue weighted by molar-refractivity contribution is 6.30. The molecule has 4 heteroatoms. The number of hydrogen-bond donors (Lipinski definition) is 0. The molecule has 1 aromatic rings. The summed E-state index contributed by atoms with van der Waals surface area (Å²) in [5.74, 6) is 1.05. The van der Waals surface area contributed by atoms with Crippen molar-refractivity contribution in [3.8, 4) is 0 Å². The van der Waals surface area contributed by atoms with Crippen LogP contribution in [0.5, 0.6) is 0 Å². The zero-order valence-electron chi connectivity index (χ0n) is 10.4. The van der Waals surface area contributed by atoms with Crippen LogP contribution >= 0.6 is 11.6 Å². The standard InChI is InChI=1S/C13H20ClN3/c1-2-3-6-16-7-9-17(10-8-16)13-5-4-12(14)11-15-13/h4-5,11H,2-3,6-10H2,1H3. The van der Waals surface area contributed by atoms with E-state index in [0.717, 1.165) is 32.0 Å². The van der Waals surface area contributed by atoms with Crippen LogP contribution in [0.25, 0.3) is 0 Å². The minimum atomic E-state index is 0.704. The first-order valence-electron chi connectivity index (χ1n) is 6.38. The molecule has 2 rings (SSSR count). The summed E-state index contributed by atoms with van der Waals surface area (Å²) in [6.45, 7) is 7.90. The fourth-order valence-corrected chi connectivity index (χ4v) is 2.25. The van der Waals surface area contributed by atoms with Crippen LogP contribution in [0.1, 0.15) is 19.8 Å². The number of anilines is 1. The van der Waals surface area contributed by atoms with Gasteiger partial charge in [0.15, 0.2) is 0 Å². The largest absolute Gasteiger partial charge is 0.354 e. The van der Waals surface area contributed by atoms with Crippen LogP contribution in [0.2, 0.25) is 5.02 Å². The molecule has 0 N–H and O–H groups in total. The molecule has 3 nitrogen and oxygen atoms in total. The van der Waals surface area contributed by atoms with Gasteiger partial charge in [-0.25, -0.2) is 4.98 Å². The molecule has 2 heterocycles. The van der Waals surface area contributed by atoms with E-state index in [-0.39, 0.29) is 0 Å². The van der Waals surface area contributed by atoms with Crippen molar-refractivity contribution in [2.45, 2.75) is 19.8 Å². The van der Waals surface area contributed by atoms with Crippen LogP contribution in [-0.2, 0) is 0 Å². The Labute approximate surface area is 108 Å². The van der Waals surface area contributed by atoms with Crippen LogP contribution in [-0.4, -0.2) is 42.6 Å². The lowest BCUT2D eigenvalue weighted by atomic mass is 10.2. The molecule has 0 spiro atoms. The van der Waals surface area contributed by atoms with Crippen LogP contribution in [0.3, 0.4) is 0 Å². The second kappa shape index (κ2) is 6.22. The summed E-state index contributed by atoms with van der Waals surface area (Å²) in [4.78, 5) is 9.23. The minimum absolute atomic E-state index is 0.704. The molecule has 1 saturated heterocycles. The average molecular weight is 254 g/mol. The molecule has 0 amide bonds. The van der Waals surface area contributed by atoms with E-state index in [1.807, 2.05) is 12.1 Å². The number of piperazine rings is 1. The second-order valence-corrected chi connectivity index (χ2v) is 4.95. The highest BCUT2D eigenvalue weighted by Gasteiger charge is 2.17. The Kier molecular flexibility index (Phi) is 4.63. The first-order valence-corrected chi connectivity index (χ1v) is 6.76. The van der Waals surface area contributed by atoms with Gasteiger partial charge in [0.25, 0.3) is 0 Å². The summed E-state index contributed by atoms with van der Waals surface area (Å²) >= 11 is 5.84.